The second-order valence-electron chi connectivity index (χ2n) is 21.7. The number of benzene rings is 2. The summed E-state index contributed by atoms with van der Waals surface area (Å²) in [4.78, 5) is 26.3. The van der Waals surface area contributed by atoms with Crippen LogP contribution in [0.3, 0.4) is 0 Å². The lowest BCUT2D eigenvalue weighted by Crippen LogP contribution is -2.25. The number of aryl methyl sites for hydroxylation is 2. The van der Waals surface area contributed by atoms with Crippen LogP contribution in [0.2, 0.25) is 0 Å². The van der Waals surface area contributed by atoms with Crippen molar-refractivity contribution >= 4 is 118 Å². The number of unbranched alkanes of at least 4 members (excludes halogenated alkanes) is 14. The van der Waals surface area contributed by atoms with Gasteiger partial charge in [0.1, 0.15) is 12.2 Å². The van der Waals surface area contributed by atoms with Gasteiger partial charge in [-0.3, -0.25) is 9.59 Å². The lowest BCUT2D eigenvalue weighted by molar-refractivity contribution is -0.146. The Bertz CT molecular complexity index is 3330. The van der Waals surface area contributed by atoms with Gasteiger partial charge in [0.2, 0.25) is 0 Å². The third-order valence-electron chi connectivity index (χ3n) is 15.4. The van der Waals surface area contributed by atoms with E-state index in [2.05, 4.69) is 115 Å². The first-order chi connectivity index (χ1) is 39.5. The molecule has 0 amide bonds. The van der Waals surface area contributed by atoms with E-state index in [9.17, 15) is 9.59 Å². The van der Waals surface area contributed by atoms with E-state index in [1.165, 1.54) is 165 Å². The van der Waals surface area contributed by atoms with Gasteiger partial charge in [-0.25, -0.2) is 0 Å². The molecule has 1 aliphatic carbocycles. The Hall–Kier alpha value is -4.82. The van der Waals surface area contributed by atoms with Crippen molar-refractivity contribution in [3.05, 3.63) is 133 Å². The molecular formula is C69H84O6S6. The molecule has 432 valence electrons. The number of hydrogen-bond acceptors (Lipinski definition) is 12. The minimum atomic E-state index is -0.379. The summed E-state index contributed by atoms with van der Waals surface area (Å²) >= 11 is 11.2. The maximum atomic E-state index is 11.8. The van der Waals surface area contributed by atoms with E-state index in [1.54, 1.807) is 41.2 Å². The predicted molar refractivity (Wildman–Crippen MR) is 356 cm³/mol. The Morgan fingerprint density at radius 1 is 0.481 bits per heavy atom. The van der Waals surface area contributed by atoms with Crippen molar-refractivity contribution in [2.45, 2.75) is 187 Å². The summed E-state index contributed by atoms with van der Waals surface area (Å²) in [5.74, 6) is -0.326. The zero-order valence-electron chi connectivity index (χ0n) is 48.4. The number of rotatable bonds is 35. The Labute approximate surface area is 506 Å². The van der Waals surface area contributed by atoms with Crippen LogP contribution in [0.25, 0.3) is 59.2 Å². The number of carbonyl (C=O) groups is 2. The van der Waals surface area contributed by atoms with Crippen LogP contribution in [-0.4, -0.2) is 37.4 Å². The number of esters is 2. The average Bonchev–Trinajstić information content (AvgIpc) is 4.54. The maximum Gasteiger partial charge on any atom is 0.306 e. The van der Waals surface area contributed by atoms with Gasteiger partial charge in [-0.2, -0.15) is 0 Å². The van der Waals surface area contributed by atoms with E-state index in [0.717, 1.165) is 61.9 Å². The van der Waals surface area contributed by atoms with Crippen LogP contribution in [0.15, 0.2) is 111 Å². The van der Waals surface area contributed by atoms with Crippen molar-refractivity contribution in [3.63, 3.8) is 0 Å². The van der Waals surface area contributed by atoms with Gasteiger partial charge in [0.15, 0.2) is 10.1 Å². The second kappa shape index (κ2) is 31.2. The Morgan fingerprint density at radius 2 is 0.901 bits per heavy atom. The molecule has 0 saturated heterocycles. The SMILES string of the molecule is C=CC(C=C)OC(=O)CCCCCCCCCCOc1cc2sc3cc(-c4ccc5c(c4)C(CCC)(CCC)c4cc(C)ccc4-5)sc3c2s1.C=CC(C=C)OC(=O)CCCCCCCCCCOc1cc2sc3cc(C)sc3c2s1. The Kier molecular flexibility index (Phi) is 24.0. The molecule has 0 radical (unpaired) electrons. The zero-order valence-corrected chi connectivity index (χ0v) is 53.3. The molecular weight excluding hydrogens is 1120 g/mol. The van der Waals surface area contributed by atoms with E-state index >= 15 is 0 Å². The topological polar surface area (TPSA) is 71.1 Å². The fourth-order valence-corrected chi connectivity index (χ4v) is 19.0. The fourth-order valence-electron chi connectivity index (χ4n) is 11.3. The molecule has 8 aromatic rings. The molecule has 6 nitrogen and oxygen atoms in total. The number of thiophene rings is 6. The van der Waals surface area contributed by atoms with E-state index in [1.807, 2.05) is 56.7 Å². The summed E-state index contributed by atoms with van der Waals surface area (Å²) in [6.45, 7) is 25.2. The van der Waals surface area contributed by atoms with E-state index in [4.69, 9.17) is 18.9 Å². The van der Waals surface area contributed by atoms with Gasteiger partial charge in [0, 0.05) is 49.5 Å². The fraction of sp³-hybridized carbons (Fsp3) is 0.449. The minimum Gasteiger partial charge on any atom is -0.484 e. The monoisotopic (exact) mass is 1200 g/mol. The van der Waals surface area contributed by atoms with Crippen LogP contribution >= 0.6 is 68.0 Å². The molecule has 0 N–H and O–H groups in total. The highest BCUT2D eigenvalue weighted by atomic mass is 32.1. The lowest BCUT2D eigenvalue weighted by atomic mass is 9.71. The number of fused-ring (bicyclic) bond motifs is 9. The van der Waals surface area contributed by atoms with Crippen LogP contribution in [0, 0.1) is 13.8 Å². The maximum absolute atomic E-state index is 11.8. The molecule has 12 heteroatoms. The summed E-state index contributed by atoms with van der Waals surface area (Å²) in [6.07, 6.45) is 29.6. The normalized spacial score (nSPS) is 12.5. The summed E-state index contributed by atoms with van der Waals surface area (Å²) in [5, 5.41) is 2.10. The summed E-state index contributed by atoms with van der Waals surface area (Å²) in [6, 6.07) is 23.6. The number of hydrogen-bond donors (Lipinski definition) is 0. The van der Waals surface area contributed by atoms with Crippen LogP contribution in [-0.2, 0) is 24.5 Å². The van der Waals surface area contributed by atoms with Gasteiger partial charge in [0.25, 0.3) is 0 Å². The van der Waals surface area contributed by atoms with Crippen molar-refractivity contribution in [3.8, 4) is 31.7 Å². The van der Waals surface area contributed by atoms with Gasteiger partial charge < -0.3 is 18.9 Å². The molecule has 9 rings (SSSR count). The first-order valence-corrected chi connectivity index (χ1v) is 34.7. The lowest BCUT2D eigenvalue weighted by Gasteiger charge is -2.32. The van der Waals surface area contributed by atoms with Gasteiger partial charge in [0.05, 0.1) is 41.4 Å². The molecule has 6 heterocycles. The van der Waals surface area contributed by atoms with Crippen molar-refractivity contribution in [1.82, 2.24) is 0 Å². The molecule has 0 aliphatic heterocycles. The summed E-state index contributed by atoms with van der Waals surface area (Å²) in [7, 11) is 0. The molecule has 0 spiro atoms. The molecule has 0 atom stereocenters. The number of ether oxygens (including phenoxy) is 4. The van der Waals surface area contributed by atoms with Gasteiger partial charge in [-0.1, -0.05) is 189 Å². The quantitative estimate of drug-likeness (QED) is 0.0224. The highest BCUT2D eigenvalue weighted by molar-refractivity contribution is 7.40. The van der Waals surface area contributed by atoms with Crippen molar-refractivity contribution in [2.24, 2.45) is 0 Å². The minimum absolute atomic E-state index is 0.110. The Morgan fingerprint density at radius 3 is 1.40 bits per heavy atom. The van der Waals surface area contributed by atoms with Crippen LogP contribution in [0.1, 0.15) is 177 Å². The van der Waals surface area contributed by atoms with Crippen LogP contribution in [0.5, 0.6) is 10.1 Å². The molecule has 0 unspecified atom stereocenters. The van der Waals surface area contributed by atoms with Gasteiger partial charge in [-0.15, -0.1) is 45.3 Å². The molecule has 1 aliphatic rings. The summed E-state index contributed by atoms with van der Waals surface area (Å²) in [5.41, 5.74) is 8.78. The average molecular weight is 1200 g/mol. The first-order valence-electron chi connectivity index (χ1n) is 29.8. The Balaban J connectivity index is 0.000000238. The van der Waals surface area contributed by atoms with E-state index in [-0.39, 0.29) is 29.6 Å². The third kappa shape index (κ3) is 16.3. The van der Waals surface area contributed by atoms with Crippen LogP contribution < -0.4 is 9.47 Å². The highest BCUT2D eigenvalue weighted by Crippen LogP contribution is 2.56. The smallest absolute Gasteiger partial charge is 0.306 e. The largest absolute Gasteiger partial charge is 0.484 e. The van der Waals surface area contributed by atoms with Crippen molar-refractivity contribution in [1.29, 1.82) is 0 Å². The standard InChI is InChI=1S/C44H52O3S3.C25H32O3S3/c1-6-23-44(24-7-2)35-26-30(5)19-21-33(35)34-22-20-31(27-36(34)44)37-28-38-42(49-37)43-39(48-38)29-41(50-43)46-25-17-15-13-11-10-12-14-16-18-40(45)47-32(8-3)9-4;1-4-19(5-2)28-22(26)14-12-10-8-6-7-9-11-13-15-27-23-17-21-25(31-23)24-20(30-21)16-18(3)29-24/h8-9,19-22,26-29,32H,3-4,6-7,10-18,23-25H2,1-2,5H3;4-5,16-17,19H,1-2,6-15H2,3H3. The van der Waals surface area contributed by atoms with E-state index in [0.29, 0.717) is 12.8 Å². The predicted octanol–water partition coefficient (Wildman–Crippen LogP) is 22.9. The molecule has 81 heavy (non-hydrogen) atoms. The third-order valence-corrected chi connectivity index (χ3v) is 22.7. The second-order valence-corrected chi connectivity index (χ2v) is 28.2. The molecule has 0 fully saturated rings. The zero-order chi connectivity index (χ0) is 57.1. The van der Waals surface area contributed by atoms with Crippen LogP contribution in [0.4, 0.5) is 0 Å². The van der Waals surface area contributed by atoms with E-state index < -0.39 is 0 Å². The highest BCUT2D eigenvalue weighted by Gasteiger charge is 2.42. The molecule has 0 saturated carbocycles. The molecule has 0 bridgehead atoms. The molecule has 2 aromatic carbocycles. The molecule has 6 aromatic heterocycles. The summed E-state index contributed by atoms with van der Waals surface area (Å²) < 4.78 is 33.8. The van der Waals surface area contributed by atoms with Crippen molar-refractivity contribution < 1.29 is 28.5 Å². The van der Waals surface area contributed by atoms with Gasteiger partial charge >= 0.3 is 11.9 Å². The van der Waals surface area contributed by atoms with Gasteiger partial charge in [-0.05, 0) is 123 Å². The van der Waals surface area contributed by atoms with Crippen molar-refractivity contribution in [2.75, 3.05) is 13.2 Å². The number of carbonyl (C=O) groups excluding carboxylic acids is 2. The first kappa shape index (κ1) is 62.2.